The molecule has 8 nitrogen and oxygen atoms in total. The summed E-state index contributed by atoms with van der Waals surface area (Å²) < 4.78 is 29.5. The van der Waals surface area contributed by atoms with E-state index in [0.717, 1.165) is 11.1 Å². The number of halogens is 1. The maximum Gasteiger partial charge on any atom is 0.263 e. The van der Waals surface area contributed by atoms with Gasteiger partial charge in [0.25, 0.3) is 10.0 Å². The zero-order valence-corrected chi connectivity index (χ0v) is 17.2. The van der Waals surface area contributed by atoms with E-state index in [9.17, 15) is 8.42 Å². The number of fused-ring (bicyclic) bond motifs is 1. The lowest BCUT2D eigenvalue weighted by Gasteiger charge is -2.13. The van der Waals surface area contributed by atoms with Gasteiger partial charge in [-0.15, -0.1) is 0 Å². The zero-order chi connectivity index (χ0) is 21.5. The Bertz CT molecular complexity index is 1440. The van der Waals surface area contributed by atoms with E-state index >= 15 is 0 Å². The molecular weight excluding hydrogens is 424 g/mol. The van der Waals surface area contributed by atoms with Gasteiger partial charge in [0.05, 0.1) is 22.9 Å². The zero-order valence-electron chi connectivity index (χ0n) is 15.7. The first kappa shape index (κ1) is 19.7. The van der Waals surface area contributed by atoms with Crippen molar-refractivity contribution in [3.05, 3.63) is 71.0 Å². The molecule has 0 aliphatic rings. The van der Waals surface area contributed by atoms with Crippen LogP contribution in [-0.4, -0.2) is 23.0 Å². The molecule has 0 radical (unpaired) electrons. The fraction of sp³-hybridized carbons (Fsp3) is 0.0500. The molecule has 0 aliphatic carbocycles. The van der Waals surface area contributed by atoms with Crippen LogP contribution in [0.4, 0.5) is 11.5 Å². The number of aryl methyl sites for hydroxylation is 1. The first-order chi connectivity index (χ1) is 14.3. The molecule has 0 atom stereocenters. The van der Waals surface area contributed by atoms with E-state index < -0.39 is 10.0 Å². The van der Waals surface area contributed by atoms with Gasteiger partial charge in [-0.25, -0.2) is 13.4 Å². The van der Waals surface area contributed by atoms with Crippen molar-refractivity contribution in [2.24, 2.45) is 0 Å². The number of nitrogens with one attached hydrogen (secondary N) is 1. The van der Waals surface area contributed by atoms with E-state index in [4.69, 9.17) is 22.6 Å². The average Bonchev–Trinajstić information content (AvgIpc) is 3.18. The van der Waals surface area contributed by atoms with Crippen molar-refractivity contribution in [3.8, 4) is 17.2 Å². The van der Waals surface area contributed by atoms with E-state index in [-0.39, 0.29) is 15.5 Å². The minimum atomic E-state index is -3.94. The molecule has 2 aromatic carbocycles. The van der Waals surface area contributed by atoms with E-state index in [1.165, 1.54) is 22.7 Å². The normalized spacial score (nSPS) is 11.4. The Morgan fingerprint density at radius 3 is 2.67 bits per heavy atom. The predicted octanol–water partition coefficient (Wildman–Crippen LogP) is 3.61. The van der Waals surface area contributed by atoms with Gasteiger partial charge in [0.15, 0.2) is 5.65 Å². The lowest BCUT2D eigenvalue weighted by Crippen LogP contribution is -2.13. The quantitative estimate of drug-likeness (QED) is 0.501. The summed E-state index contributed by atoms with van der Waals surface area (Å²) in [7, 11) is -3.94. The second-order valence-electron chi connectivity index (χ2n) is 6.55. The van der Waals surface area contributed by atoms with Gasteiger partial charge >= 0.3 is 0 Å². The number of sulfonamides is 1. The number of benzene rings is 2. The summed E-state index contributed by atoms with van der Waals surface area (Å²) in [4.78, 5) is 4.23. The van der Waals surface area contributed by atoms with Crippen LogP contribution in [0.3, 0.4) is 0 Å². The van der Waals surface area contributed by atoms with Gasteiger partial charge in [-0.05, 0) is 48.4 Å². The Balaban J connectivity index is 1.68. The van der Waals surface area contributed by atoms with E-state index in [0.29, 0.717) is 22.7 Å². The standard InChI is InChI=1S/C20H15ClN6O2S/c1-12-8-14(26-30(28,29)18-5-2-13(10-22)9-17(18)21)3-4-15(12)16-11-24-19-6-7-25-27(19)20(16)23/h2-9,11,26H,23H2,1H3. The first-order valence-electron chi connectivity index (χ1n) is 8.72. The Kier molecular flexibility index (Phi) is 4.81. The van der Waals surface area contributed by atoms with Gasteiger partial charge in [0.2, 0.25) is 0 Å². The Morgan fingerprint density at radius 1 is 1.17 bits per heavy atom. The molecule has 0 unspecified atom stereocenters. The molecule has 0 saturated carbocycles. The minimum absolute atomic E-state index is 0.0266. The van der Waals surface area contributed by atoms with Crippen LogP contribution in [0.1, 0.15) is 11.1 Å². The lowest BCUT2D eigenvalue weighted by atomic mass is 10.0. The molecular formula is C20H15ClN6O2S. The van der Waals surface area contributed by atoms with Crippen LogP contribution in [0.2, 0.25) is 5.02 Å². The second-order valence-corrected chi connectivity index (χ2v) is 8.61. The summed E-state index contributed by atoms with van der Waals surface area (Å²) >= 11 is 6.05. The molecule has 30 heavy (non-hydrogen) atoms. The smallest absolute Gasteiger partial charge is 0.263 e. The second kappa shape index (κ2) is 7.33. The van der Waals surface area contributed by atoms with Crippen molar-refractivity contribution in [2.45, 2.75) is 11.8 Å². The fourth-order valence-corrected chi connectivity index (χ4v) is 4.72. The van der Waals surface area contributed by atoms with E-state index in [1.54, 1.807) is 36.7 Å². The van der Waals surface area contributed by atoms with Gasteiger partial charge < -0.3 is 5.73 Å². The highest BCUT2D eigenvalue weighted by Gasteiger charge is 2.19. The van der Waals surface area contributed by atoms with Gasteiger partial charge in [-0.3, -0.25) is 4.72 Å². The van der Waals surface area contributed by atoms with Gasteiger partial charge in [-0.2, -0.15) is 14.9 Å². The van der Waals surface area contributed by atoms with Gasteiger partial charge in [0.1, 0.15) is 10.7 Å². The molecule has 0 spiro atoms. The maximum absolute atomic E-state index is 12.7. The molecule has 4 rings (SSSR count). The highest BCUT2D eigenvalue weighted by Crippen LogP contribution is 2.31. The molecule has 0 fully saturated rings. The average molecular weight is 439 g/mol. The number of hydrogen-bond donors (Lipinski definition) is 2. The summed E-state index contributed by atoms with van der Waals surface area (Å²) in [6.07, 6.45) is 3.27. The van der Waals surface area contributed by atoms with Crippen LogP contribution >= 0.6 is 11.6 Å². The molecule has 0 saturated heterocycles. The van der Waals surface area contributed by atoms with E-state index in [1.807, 2.05) is 13.0 Å². The molecule has 0 bridgehead atoms. The summed E-state index contributed by atoms with van der Waals surface area (Å²) in [5.41, 5.74) is 9.79. The van der Waals surface area contributed by atoms with E-state index in [2.05, 4.69) is 14.8 Å². The largest absolute Gasteiger partial charge is 0.383 e. The number of anilines is 2. The SMILES string of the molecule is Cc1cc(NS(=O)(=O)c2ccc(C#N)cc2Cl)ccc1-c1cnc2ccnn2c1N. The number of rotatable bonds is 4. The summed E-state index contributed by atoms with van der Waals surface area (Å²) in [5, 5.41) is 13.0. The van der Waals surface area contributed by atoms with Crippen molar-refractivity contribution in [2.75, 3.05) is 10.5 Å². The highest BCUT2D eigenvalue weighted by molar-refractivity contribution is 7.92. The predicted molar refractivity (Wildman–Crippen MR) is 115 cm³/mol. The molecule has 0 aliphatic heterocycles. The van der Waals surface area contributed by atoms with Crippen LogP contribution in [-0.2, 0) is 10.0 Å². The van der Waals surface area contributed by atoms with Crippen LogP contribution in [0.5, 0.6) is 0 Å². The van der Waals surface area contributed by atoms with Gasteiger partial charge in [-0.1, -0.05) is 17.7 Å². The van der Waals surface area contributed by atoms with Crippen LogP contribution in [0.25, 0.3) is 16.8 Å². The topological polar surface area (TPSA) is 126 Å². The number of nitrogens with zero attached hydrogens (tertiary/aromatic N) is 4. The molecule has 4 aromatic rings. The van der Waals surface area contributed by atoms with Crippen molar-refractivity contribution in [1.29, 1.82) is 5.26 Å². The first-order valence-corrected chi connectivity index (χ1v) is 10.6. The molecule has 2 aromatic heterocycles. The Morgan fingerprint density at radius 2 is 1.97 bits per heavy atom. The van der Waals surface area contributed by atoms with Crippen LogP contribution in [0.15, 0.2) is 59.8 Å². The lowest BCUT2D eigenvalue weighted by molar-refractivity contribution is 0.601. The van der Waals surface area contributed by atoms with Crippen molar-refractivity contribution < 1.29 is 8.42 Å². The van der Waals surface area contributed by atoms with Crippen molar-refractivity contribution in [1.82, 2.24) is 14.6 Å². The Labute approximate surface area is 177 Å². The molecule has 0 amide bonds. The summed E-state index contributed by atoms with van der Waals surface area (Å²) in [5.74, 6) is 0.436. The fourth-order valence-electron chi connectivity index (χ4n) is 3.13. The van der Waals surface area contributed by atoms with Crippen LogP contribution in [0, 0.1) is 18.3 Å². The third kappa shape index (κ3) is 3.43. The van der Waals surface area contributed by atoms with Crippen molar-refractivity contribution in [3.63, 3.8) is 0 Å². The molecule has 10 heteroatoms. The molecule has 2 heterocycles. The molecule has 3 N–H and O–H groups in total. The maximum atomic E-state index is 12.7. The monoisotopic (exact) mass is 438 g/mol. The van der Waals surface area contributed by atoms with Crippen molar-refractivity contribution >= 4 is 38.8 Å². The number of hydrogen-bond acceptors (Lipinski definition) is 6. The summed E-state index contributed by atoms with van der Waals surface area (Å²) in [6.45, 7) is 1.84. The number of aromatic nitrogens is 3. The highest BCUT2D eigenvalue weighted by atomic mass is 35.5. The number of nitriles is 1. The van der Waals surface area contributed by atoms with Crippen LogP contribution < -0.4 is 10.5 Å². The van der Waals surface area contributed by atoms with Gasteiger partial charge in [0, 0.05) is 23.5 Å². The Hall–Kier alpha value is -3.61. The number of nitrogens with two attached hydrogens (primary N) is 1. The summed E-state index contributed by atoms with van der Waals surface area (Å²) in [6, 6.07) is 12.8. The number of nitrogen functional groups attached to an aromatic ring is 1. The molecule has 150 valence electrons. The minimum Gasteiger partial charge on any atom is -0.383 e. The third-order valence-electron chi connectivity index (χ3n) is 4.57. The third-order valence-corrected chi connectivity index (χ3v) is 6.44.